The summed E-state index contributed by atoms with van der Waals surface area (Å²) in [5.74, 6) is -1.41. The van der Waals surface area contributed by atoms with Crippen molar-refractivity contribution >= 4 is 35.2 Å². The highest BCUT2D eigenvalue weighted by atomic mass is 32.1. The standard InChI is InChI=1S/C25H27N3O6S/c1-2-33-24(31)20-18(26-25(32)27-21(20)16-7-4-3-5-8-16)15-34-23(30)17-10-12-28(13-11-17)22(29)19-9-6-14-35-19/h3-9,14,17,21H,2,10-13,15H2,1H3,(H2,26,27,32)/t21-/m0/s1. The van der Waals surface area contributed by atoms with Gasteiger partial charge in [0.15, 0.2) is 0 Å². The van der Waals surface area contributed by atoms with Crippen molar-refractivity contribution in [2.45, 2.75) is 25.8 Å². The Morgan fingerprint density at radius 1 is 1.06 bits per heavy atom. The number of hydrogen-bond acceptors (Lipinski definition) is 7. The van der Waals surface area contributed by atoms with E-state index in [1.54, 1.807) is 30.0 Å². The molecule has 0 unspecified atom stereocenters. The van der Waals surface area contributed by atoms with Gasteiger partial charge in [-0.15, -0.1) is 11.3 Å². The number of esters is 2. The molecule has 1 aromatic heterocycles. The lowest BCUT2D eigenvalue weighted by atomic mass is 9.95. The quantitative estimate of drug-likeness (QED) is 0.569. The van der Waals surface area contributed by atoms with Gasteiger partial charge in [0.1, 0.15) is 6.61 Å². The van der Waals surface area contributed by atoms with Gasteiger partial charge in [-0.05, 0) is 36.8 Å². The van der Waals surface area contributed by atoms with Crippen molar-refractivity contribution in [3.63, 3.8) is 0 Å². The molecule has 2 aromatic rings. The van der Waals surface area contributed by atoms with Crippen molar-refractivity contribution < 1.29 is 28.7 Å². The smallest absolute Gasteiger partial charge is 0.338 e. The Labute approximate surface area is 207 Å². The molecule has 9 nitrogen and oxygen atoms in total. The minimum absolute atomic E-state index is 0.0274. The molecule has 0 saturated carbocycles. The number of piperidine rings is 1. The zero-order chi connectivity index (χ0) is 24.8. The van der Waals surface area contributed by atoms with Crippen molar-refractivity contribution in [3.8, 4) is 0 Å². The zero-order valence-electron chi connectivity index (χ0n) is 19.3. The fraction of sp³-hybridized carbons (Fsp3) is 0.360. The summed E-state index contributed by atoms with van der Waals surface area (Å²) in [4.78, 5) is 52.9. The summed E-state index contributed by atoms with van der Waals surface area (Å²) in [5.41, 5.74) is 1.10. The number of benzene rings is 1. The minimum Gasteiger partial charge on any atom is -0.463 e. The molecular weight excluding hydrogens is 470 g/mol. The number of nitrogens with one attached hydrogen (secondary N) is 2. The van der Waals surface area contributed by atoms with Gasteiger partial charge in [0.2, 0.25) is 0 Å². The van der Waals surface area contributed by atoms with Crippen LogP contribution in [-0.2, 0) is 19.1 Å². The molecule has 3 amide bonds. The Morgan fingerprint density at radius 3 is 2.46 bits per heavy atom. The molecule has 2 aliphatic heterocycles. The summed E-state index contributed by atoms with van der Waals surface area (Å²) >= 11 is 1.39. The fourth-order valence-electron chi connectivity index (χ4n) is 4.21. The van der Waals surface area contributed by atoms with E-state index < -0.39 is 24.0 Å². The van der Waals surface area contributed by atoms with Crippen LogP contribution in [0.3, 0.4) is 0 Å². The Kier molecular flexibility index (Phi) is 7.81. The molecular formula is C25H27N3O6S. The summed E-state index contributed by atoms with van der Waals surface area (Å²) in [7, 11) is 0. The average Bonchev–Trinajstić information content (AvgIpc) is 3.42. The van der Waals surface area contributed by atoms with Gasteiger partial charge in [-0.3, -0.25) is 9.59 Å². The second kappa shape index (κ2) is 11.2. The summed E-state index contributed by atoms with van der Waals surface area (Å²) in [6.45, 7) is 2.51. The summed E-state index contributed by atoms with van der Waals surface area (Å²) < 4.78 is 10.8. The lowest BCUT2D eigenvalue weighted by Gasteiger charge is -2.31. The summed E-state index contributed by atoms with van der Waals surface area (Å²) in [6.07, 6.45) is 0.973. The first-order chi connectivity index (χ1) is 17.0. The second-order valence-corrected chi connectivity index (χ2v) is 9.15. The van der Waals surface area contributed by atoms with E-state index in [1.807, 2.05) is 29.6 Å². The predicted molar refractivity (Wildman–Crippen MR) is 128 cm³/mol. The number of ether oxygens (including phenoxy) is 2. The van der Waals surface area contributed by atoms with Gasteiger partial charge in [-0.1, -0.05) is 36.4 Å². The number of rotatable bonds is 7. The topological polar surface area (TPSA) is 114 Å². The van der Waals surface area contributed by atoms with Crippen LogP contribution in [0.2, 0.25) is 0 Å². The van der Waals surface area contributed by atoms with Crippen LogP contribution < -0.4 is 10.6 Å². The number of amides is 3. The first-order valence-electron chi connectivity index (χ1n) is 11.5. The molecule has 1 fully saturated rings. The number of thiophene rings is 1. The van der Waals surface area contributed by atoms with E-state index in [1.165, 1.54) is 11.3 Å². The first kappa shape index (κ1) is 24.5. The number of carbonyl (C=O) groups excluding carboxylic acids is 4. The van der Waals surface area contributed by atoms with Crippen LogP contribution in [0.5, 0.6) is 0 Å². The van der Waals surface area contributed by atoms with Crippen LogP contribution in [0.15, 0.2) is 59.1 Å². The number of hydrogen-bond donors (Lipinski definition) is 2. The van der Waals surface area contributed by atoms with Crippen molar-refractivity contribution in [1.29, 1.82) is 0 Å². The third kappa shape index (κ3) is 5.71. The van der Waals surface area contributed by atoms with Gasteiger partial charge < -0.3 is 25.0 Å². The largest absolute Gasteiger partial charge is 0.463 e. The summed E-state index contributed by atoms with van der Waals surface area (Å²) in [6, 6.07) is 11.4. The van der Waals surface area contributed by atoms with Gasteiger partial charge in [0.25, 0.3) is 5.91 Å². The monoisotopic (exact) mass is 497 g/mol. The first-order valence-corrected chi connectivity index (χ1v) is 12.4. The molecule has 4 rings (SSSR count). The van der Waals surface area contributed by atoms with E-state index in [0.717, 1.165) is 0 Å². The Morgan fingerprint density at radius 2 is 1.80 bits per heavy atom. The fourth-order valence-corrected chi connectivity index (χ4v) is 4.90. The molecule has 35 heavy (non-hydrogen) atoms. The number of carbonyl (C=O) groups is 4. The van der Waals surface area contributed by atoms with Gasteiger partial charge in [0.05, 0.1) is 34.7 Å². The van der Waals surface area contributed by atoms with E-state index in [4.69, 9.17) is 9.47 Å². The zero-order valence-corrected chi connectivity index (χ0v) is 20.1. The van der Waals surface area contributed by atoms with Crippen LogP contribution in [0.1, 0.15) is 41.0 Å². The van der Waals surface area contributed by atoms with Gasteiger partial charge in [-0.2, -0.15) is 0 Å². The highest BCUT2D eigenvalue weighted by molar-refractivity contribution is 7.12. The molecule has 2 N–H and O–H groups in total. The van der Waals surface area contributed by atoms with Crippen molar-refractivity contribution in [2.24, 2.45) is 5.92 Å². The van der Waals surface area contributed by atoms with Gasteiger partial charge in [-0.25, -0.2) is 9.59 Å². The molecule has 1 atom stereocenters. The van der Waals surface area contributed by atoms with E-state index in [-0.39, 0.29) is 36.3 Å². The maximum atomic E-state index is 12.8. The molecule has 3 heterocycles. The highest BCUT2D eigenvalue weighted by Gasteiger charge is 2.35. The molecule has 1 saturated heterocycles. The van der Waals surface area contributed by atoms with Crippen LogP contribution in [0, 0.1) is 5.92 Å². The third-order valence-corrected chi connectivity index (χ3v) is 6.85. The molecule has 184 valence electrons. The van der Waals surface area contributed by atoms with E-state index in [9.17, 15) is 19.2 Å². The van der Waals surface area contributed by atoms with Crippen molar-refractivity contribution in [3.05, 3.63) is 69.6 Å². The van der Waals surface area contributed by atoms with E-state index in [2.05, 4.69) is 10.6 Å². The van der Waals surface area contributed by atoms with Crippen LogP contribution in [-0.4, -0.2) is 55.1 Å². The molecule has 0 radical (unpaired) electrons. The normalized spacial score (nSPS) is 18.5. The Bertz CT molecular complexity index is 1110. The maximum absolute atomic E-state index is 12.8. The van der Waals surface area contributed by atoms with Gasteiger partial charge in [0, 0.05) is 13.1 Å². The molecule has 0 bridgehead atoms. The SMILES string of the molecule is CCOC(=O)C1=C(COC(=O)C2CCN(C(=O)c3cccs3)CC2)NC(=O)N[C@H]1c1ccccc1. The average molecular weight is 498 g/mol. The van der Waals surface area contributed by atoms with Gasteiger partial charge >= 0.3 is 18.0 Å². The molecule has 10 heteroatoms. The lowest BCUT2D eigenvalue weighted by molar-refractivity contribution is -0.149. The van der Waals surface area contributed by atoms with Crippen molar-refractivity contribution in [1.82, 2.24) is 15.5 Å². The third-order valence-electron chi connectivity index (χ3n) is 5.99. The van der Waals surface area contributed by atoms with Crippen LogP contribution in [0.4, 0.5) is 4.79 Å². The second-order valence-electron chi connectivity index (χ2n) is 8.21. The number of urea groups is 1. The molecule has 1 aromatic carbocycles. The molecule has 2 aliphatic rings. The Hall–Kier alpha value is -3.66. The lowest BCUT2D eigenvalue weighted by Crippen LogP contribution is -2.47. The van der Waals surface area contributed by atoms with Crippen molar-refractivity contribution in [2.75, 3.05) is 26.3 Å². The molecule has 0 spiro atoms. The minimum atomic E-state index is -0.732. The number of likely N-dealkylation sites (tertiary alicyclic amines) is 1. The maximum Gasteiger partial charge on any atom is 0.338 e. The Balaban J connectivity index is 1.43. The molecule has 0 aliphatic carbocycles. The highest BCUT2D eigenvalue weighted by Crippen LogP contribution is 2.28. The summed E-state index contributed by atoms with van der Waals surface area (Å²) in [5, 5.41) is 7.21. The predicted octanol–water partition coefficient (Wildman–Crippen LogP) is 3.01. The van der Waals surface area contributed by atoms with E-state index in [0.29, 0.717) is 36.4 Å². The van der Waals surface area contributed by atoms with Crippen LogP contribution >= 0.6 is 11.3 Å². The van der Waals surface area contributed by atoms with Crippen LogP contribution in [0.25, 0.3) is 0 Å². The number of nitrogens with zero attached hydrogens (tertiary/aromatic N) is 1. The van der Waals surface area contributed by atoms with E-state index >= 15 is 0 Å².